The average molecular weight is 303 g/mol. The lowest BCUT2D eigenvalue weighted by Gasteiger charge is -2.10. The van der Waals surface area contributed by atoms with Gasteiger partial charge in [-0.05, 0) is 18.9 Å². The van der Waals surface area contributed by atoms with Gasteiger partial charge in [-0.25, -0.2) is 4.79 Å². The van der Waals surface area contributed by atoms with Crippen LogP contribution in [0.25, 0.3) is 0 Å². The maximum Gasteiger partial charge on any atom is 0.417 e. The van der Waals surface area contributed by atoms with E-state index in [1.54, 1.807) is 0 Å². The molecule has 1 aliphatic carbocycles. The van der Waals surface area contributed by atoms with Crippen LogP contribution in [0.4, 0.5) is 18.0 Å². The molecule has 1 heterocycles. The van der Waals surface area contributed by atoms with Gasteiger partial charge in [0.15, 0.2) is 0 Å². The number of amides is 3. The molecule has 2 rings (SSSR count). The Hall–Kier alpha value is -2.32. The highest BCUT2D eigenvalue weighted by molar-refractivity contribution is 5.94. The summed E-state index contributed by atoms with van der Waals surface area (Å²) in [5.74, 6) is -0.866. The zero-order chi connectivity index (χ0) is 15.6. The number of hydrogen-bond donors (Lipinski definition) is 2. The fourth-order valence-electron chi connectivity index (χ4n) is 1.59. The summed E-state index contributed by atoms with van der Waals surface area (Å²) >= 11 is 0. The molecule has 1 fully saturated rings. The summed E-state index contributed by atoms with van der Waals surface area (Å²) in [6, 6.07) is 0.674. The third-order valence-corrected chi connectivity index (χ3v) is 2.79. The number of pyridine rings is 1. The number of imide groups is 1. The molecule has 0 saturated heterocycles. The Labute approximate surface area is 116 Å². The molecular weight excluding hydrogens is 291 g/mol. The predicted octanol–water partition coefficient (Wildman–Crippen LogP) is 0.855. The van der Waals surface area contributed by atoms with Gasteiger partial charge in [-0.15, -0.1) is 0 Å². The van der Waals surface area contributed by atoms with Gasteiger partial charge in [-0.1, -0.05) is 0 Å². The van der Waals surface area contributed by atoms with Crippen molar-refractivity contribution in [1.29, 1.82) is 0 Å². The smallest absolute Gasteiger partial charge is 0.335 e. The van der Waals surface area contributed by atoms with Crippen molar-refractivity contribution in [3.63, 3.8) is 0 Å². The normalized spacial score (nSPS) is 14.6. The molecule has 1 saturated carbocycles. The number of rotatable bonds is 3. The molecule has 0 spiro atoms. The van der Waals surface area contributed by atoms with Crippen molar-refractivity contribution in [2.45, 2.75) is 31.6 Å². The van der Waals surface area contributed by atoms with Crippen LogP contribution in [0.2, 0.25) is 0 Å². The third kappa shape index (κ3) is 4.33. The Bertz CT molecular complexity index is 620. The van der Waals surface area contributed by atoms with E-state index in [1.165, 1.54) is 0 Å². The zero-order valence-electron chi connectivity index (χ0n) is 10.7. The van der Waals surface area contributed by atoms with E-state index in [1.807, 2.05) is 5.32 Å². The van der Waals surface area contributed by atoms with Crippen LogP contribution in [-0.4, -0.2) is 22.5 Å². The summed E-state index contributed by atoms with van der Waals surface area (Å²) in [7, 11) is 0. The summed E-state index contributed by atoms with van der Waals surface area (Å²) in [5.41, 5.74) is -1.81. The second kappa shape index (κ2) is 5.58. The van der Waals surface area contributed by atoms with Gasteiger partial charge >= 0.3 is 12.2 Å². The topological polar surface area (TPSA) is 80.2 Å². The summed E-state index contributed by atoms with van der Waals surface area (Å²) < 4.78 is 38.2. The van der Waals surface area contributed by atoms with Crippen LogP contribution >= 0.6 is 0 Å². The van der Waals surface area contributed by atoms with Crippen LogP contribution in [0.15, 0.2) is 23.1 Å². The molecule has 3 amide bonds. The third-order valence-electron chi connectivity index (χ3n) is 2.79. The van der Waals surface area contributed by atoms with Gasteiger partial charge in [0.1, 0.15) is 6.54 Å². The lowest BCUT2D eigenvalue weighted by molar-refractivity contribution is -0.138. The number of hydrogen-bond acceptors (Lipinski definition) is 3. The highest BCUT2D eigenvalue weighted by atomic mass is 19.4. The summed E-state index contributed by atoms with van der Waals surface area (Å²) in [6.45, 7) is -0.666. The Morgan fingerprint density at radius 1 is 1.29 bits per heavy atom. The van der Waals surface area contributed by atoms with Crippen molar-refractivity contribution in [2.75, 3.05) is 0 Å². The number of halogens is 3. The number of urea groups is 1. The largest absolute Gasteiger partial charge is 0.417 e. The van der Waals surface area contributed by atoms with Crippen LogP contribution in [0.5, 0.6) is 0 Å². The van der Waals surface area contributed by atoms with E-state index in [2.05, 4.69) is 5.32 Å². The quantitative estimate of drug-likeness (QED) is 0.869. The van der Waals surface area contributed by atoms with E-state index in [-0.39, 0.29) is 6.04 Å². The lowest BCUT2D eigenvalue weighted by atomic mass is 10.3. The average Bonchev–Trinajstić information content (AvgIpc) is 3.14. The number of nitrogens with zero attached hydrogens (tertiary/aromatic N) is 1. The van der Waals surface area contributed by atoms with Crippen molar-refractivity contribution in [3.05, 3.63) is 34.2 Å². The Kier molecular flexibility index (Phi) is 4.01. The van der Waals surface area contributed by atoms with Crippen LogP contribution in [0, 0.1) is 0 Å². The molecule has 1 aliphatic rings. The molecule has 0 aromatic carbocycles. The number of nitrogens with one attached hydrogen (secondary N) is 2. The van der Waals surface area contributed by atoms with Crippen molar-refractivity contribution in [1.82, 2.24) is 15.2 Å². The maximum atomic E-state index is 12.5. The number of carbonyl (C=O) groups is 2. The molecule has 0 aliphatic heterocycles. The molecule has 2 N–H and O–H groups in total. The second-order valence-corrected chi connectivity index (χ2v) is 4.68. The Balaban J connectivity index is 2.02. The maximum absolute atomic E-state index is 12.5. The van der Waals surface area contributed by atoms with Crippen LogP contribution in [0.1, 0.15) is 18.4 Å². The van der Waals surface area contributed by atoms with Gasteiger partial charge in [0.2, 0.25) is 5.91 Å². The van der Waals surface area contributed by atoms with E-state index in [4.69, 9.17) is 0 Å². The molecule has 21 heavy (non-hydrogen) atoms. The van der Waals surface area contributed by atoms with Crippen LogP contribution in [0.3, 0.4) is 0 Å². The molecule has 0 bridgehead atoms. The van der Waals surface area contributed by atoms with E-state index < -0.39 is 35.8 Å². The van der Waals surface area contributed by atoms with Gasteiger partial charge < -0.3 is 9.88 Å². The zero-order valence-corrected chi connectivity index (χ0v) is 10.7. The first kappa shape index (κ1) is 15.1. The Morgan fingerprint density at radius 3 is 2.52 bits per heavy atom. The van der Waals surface area contributed by atoms with Gasteiger partial charge in [-0.2, -0.15) is 13.2 Å². The number of carbonyl (C=O) groups excluding carboxylic acids is 2. The van der Waals surface area contributed by atoms with Gasteiger partial charge in [0, 0.05) is 18.3 Å². The molecule has 6 nitrogen and oxygen atoms in total. The first-order chi connectivity index (χ1) is 9.75. The highest BCUT2D eigenvalue weighted by Crippen LogP contribution is 2.27. The molecule has 0 atom stereocenters. The highest BCUT2D eigenvalue weighted by Gasteiger charge is 2.31. The summed E-state index contributed by atoms with van der Waals surface area (Å²) in [4.78, 5) is 34.2. The molecule has 1 aromatic heterocycles. The molecule has 114 valence electrons. The van der Waals surface area contributed by atoms with Crippen LogP contribution in [-0.2, 0) is 17.5 Å². The van der Waals surface area contributed by atoms with Crippen molar-refractivity contribution in [3.8, 4) is 0 Å². The van der Waals surface area contributed by atoms with Crippen molar-refractivity contribution >= 4 is 11.9 Å². The fraction of sp³-hybridized carbons (Fsp3) is 0.417. The van der Waals surface area contributed by atoms with Crippen molar-refractivity contribution in [2.24, 2.45) is 0 Å². The molecule has 0 unspecified atom stereocenters. The fourth-order valence-corrected chi connectivity index (χ4v) is 1.59. The minimum absolute atomic E-state index is 0.0362. The lowest BCUT2D eigenvalue weighted by Crippen LogP contribution is -2.42. The molecule has 0 radical (unpaired) electrons. The molecule has 9 heteroatoms. The predicted molar refractivity (Wildman–Crippen MR) is 65.4 cm³/mol. The first-order valence-corrected chi connectivity index (χ1v) is 6.14. The van der Waals surface area contributed by atoms with Gasteiger partial charge in [0.25, 0.3) is 5.56 Å². The van der Waals surface area contributed by atoms with E-state index in [0.29, 0.717) is 16.8 Å². The van der Waals surface area contributed by atoms with E-state index >= 15 is 0 Å². The summed E-state index contributed by atoms with van der Waals surface area (Å²) in [6.07, 6.45) is -2.42. The van der Waals surface area contributed by atoms with Crippen LogP contribution < -0.4 is 16.2 Å². The van der Waals surface area contributed by atoms with Crippen molar-refractivity contribution < 1.29 is 22.8 Å². The summed E-state index contributed by atoms with van der Waals surface area (Å²) in [5, 5.41) is 4.44. The van der Waals surface area contributed by atoms with E-state index in [9.17, 15) is 27.6 Å². The Morgan fingerprint density at radius 2 is 1.95 bits per heavy atom. The minimum Gasteiger partial charge on any atom is -0.335 e. The standard InChI is InChI=1S/C12H12F3N3O3/c13-12(14,15)7-1-4-10(20)18(5-7)6-9(19)17-11(21)16-8-2-3-8/h1,4-5,8H,2-3,6H2,(H2,16,17,19,21). The second-order valence-electron chi connectivity index (χ2n) is 4.68. The molecular formula is C12H12F3N3O3. The SMILES string of the molecule is O=C(Cn1cc(C(F)(F)F)ccc1=O)NC(=O)NC1CC1. The molecule has 1 aromatic rings. The first-order valence-electron chi connectivity index (χ1n) is 6.14. The van der Waals surface area contributed by atoms with Gasteiger partial charge in [-0.3, -0.25) is 14.9 Å². The monoisotopic (exact) mass is 303 g/mol. The van der Waals surface area contributed by atoms with Gasteiger partial charge in [0.05, 0.1) is 5.56 Å². The number of alkyl halides is 3. The van der Waals surface area contributed by atoms with E-state index in [0.717, 1.165) is 18.9 Å². The number of aromatic nitrogens is 1. The minimum atomic E-state index is -4.62.